The van der Waals surface area contributed by atoms with Crippen LogP contribution in [0, 0.1) is 5.82 Å². The van der Waals surface area contributed by atoms with E-state index in [0.29, 0.717) is 37.4 Å². The average Bonchev–Trinajstić information content (AvgIpc) is 3.23. The van der Waals surface area contributed by atoms with E-state index in [2.05, 4.69) is 12.1 Å². The number of benzene rings is 2. The smallest absolute Gasteiger partial charge is 0.254 e. The van der Waals surface area contributed by atoms with Crippen molar-refractivity contribution in [2.45, 2.75) is 45.6 Å². The van der Waals surface area contributed by atoms with Gasteiger partial charge in [-0.25, -0.2) is 4.39 Å². The highest BCUT2D eigenvalue weighted by molar-refractivity contribution is 5.94. The SMILES string of the molecule is CCCCCCOc1ccc(C(=O)N2CCc3noc(-c4ccc(F)cc4)c3C2)cc1. The normalized spacial score (nSPS) is 13.2. The Kier molecular flexibility index (Phi) is 6.65. The minimum Gasteiger partial charge on any atom is -0.494 e. The first-order valence-corrected chi connectivity index (χ1v) is 10.9. The van der Waals surface area contributed by atoms with E-state index in [0.717, 1.165) is 29.0 Å². The third-order valence-electron chi connectivity index (χ3n) is 5.60. The van der Waals surface area contributed by atoms with Gasteiger partial charge >= 0.3 is 0 Å². The summed E-state index contributed by atoms with van der Waals surface area (Å²) in [7, 11) is 0. The van der Waals surface area contributed by atoms with Gasteiger partial charge in [-0.15, -0.1) is 0 Å². The maximum absolute atomic E-state index is 13.3. The maximum atomic E-state index is 13.3. The molecule has 4 rings (SSSR count). The zero-order valence-electron chi connectivity index (χ0n) is 17.8. The molecule has 0 atom stereocenters. The minimum atomic E-state index is -0.303. The Balaban J connectivity index is 1.41. The number of carbonyl (C=O) groups excluding carboxylic acids is 1. The van der Waals surface area contributed by atoms with Crippen molar-refractivity contribution in [2.24, 2.45) is 0 Å². The van der Waals surface area contributed by atoms with Crippen LogP contribution in [0.15, 0.2) is 53.1 Å². The summed E-state index contributed by atoms with van der Waals surface area (Å²) in [4.78, 5) is 14.9. The van der Waals surface area contributed by atoms with Gasteiger partial charge in [-0.1, -0.05) is 31.3 Å². The molecule has 1 aromatic heterocycles. The van der Waals surface area contributed by atoms with Crippen molar-refractivity contribution in [3.63, 3.8) is 0 Å². The topological polar surface area (TPSA) is 55.6 Å². The highest BCUT2D eigenvalue weighted by atomic mass is 19.1. The Labute approximate surface area is 181 Å². The van der Waals surface area contributed by atoms with Crippen LogP contribution in [0.5, 0.6) is 5.75 Å². The summed E-state index contributed by atoms with van der Waals surface area (Å²) in [5.74, 6) is 1.04. The lowest BCUT2D eigenvalue weighted by Crippen LogP contribution is -2.35. The third kappa shape index (κ3) is 4.95. The van der Waals surface area contributed by atoms with E-state index in [-0.39, 0.29) is 11.7 Å². The summed E-state index contributed by atoms with van der Waals surface area (Å²) >= 11 is 0. The molecule has 3 aromatic rings. The zero-order valence-corrected chi connectivity index (χ0v) is 17.8. The molecule has 0 bridgehead atoms. The average molecular weight is 423 g/mol. The molecule has 0 unspecified atom stereocenters. The van der Waals surface area contributed by atoms with Crippen molar-refractivity contribution in [3.8, 4) is 17.1 Å². The van der Waals surface area contributed by atoms with Gasteiger partial charge in [0.25, 0.3) is 5.91 Å². The number of nitrogens with zero attached hydrogens (tertiary/aromatic N) is 2. The van der Waals surface area contributed by atoms with Crippen LogP contribution in [0.3, 0.4) is 0 Å². The molecule has 0 N–H and O–H groups in total. The number of rotatable bonds is 8. The van der Waals surface area contributed by atoms with Gasteiger partial charge in [-0.3, -0.25) is 4.79 Å². The summed E-state index contributed by atoms with van der Waals surface area (Å²) in [6.07, 6.45) is 5.27. The van der Waals surface area contributed by atoms with E-state index < -0.39 is 0 Å². The van der Waals surface area contributed by atoms with E-state index >= 15 is 0 Å². The lowest BCUT2D eigenvalue weighted by atomic mass is 10.0. The summed E-state index contributed by atoms with van der Waals surface area (Å²) in [6, 6.07) is 13.4. The van der Waals surface area contributed by atoms with E-state index in [1.807, 2.05) is 24.3 Å². The summed E-state index contributed by atoms with van der Waals surface area (Å²) in [5, 5.41) is 4.16. The van der Waals surface area contributed by atoms with Crippen molar-refractivity contribution in [3.05, 3.63) is 71.2 Å². The molecule has 1 aliphatic heterocycles. The van der Waals surface area contributed by atoms with E-state index in [1.54, 1.807) is 17.0 Å². The Hall–Kier alpha value is -3.15. The largest absolute Gasteiger partial charge is 0.494 e. The molecule has 0 spiro atoms. The van der Waals surface area contributed by atoms with Crippen molar-refractivity contribution in [1.82, 2.24) is 10.1 Å². The van der Waals surface area contributed by atoms with Gasteiger partial charge in [0.05, 0.1) is 18.8 Å². The maximum Gasteiger partial charge on any atom is 0.254 e. The van der Waals surface area contributed by atoms with Crippen LogP contribution in [-0.2, 0) is 13.0 Å². The number of carbonyl (C=O) groups is 1. The predicted molar refractivity (Wildman–Crippen MR) is 116 cm³/mol. The number of unbranched alkanes of at least 4 members (excludes halogenated alkanes) is 3. The predicted octanol–water partition coefficient (Wildman–Crippen LogP) is 5.64. The molecule has 2 aromatic carbocycles. The number of ether oxygens (including phenoxy) is 1. The molecule has 1 amide bonds. The van der Waals surface area contributed by atoms with Crippen LogP contribution in [-0.4, -0.2) is 29.1 Å². The van der Waals surface area contributed by atoms with Crippen LogP contribution >= 0.6 is 0 Å². The highest BCUT2D eigenvalue weighted by Gasteiger charge is 2.28. The molecule has 31 heavy (non-hydrogen) atoms. The second-order valence-corrected chi connectivity index (χ2v) is 7.85. The molecular weight excluding hydrogens is 395 g/mol. The van der Waals surface area contributed by atoms with Crippen LogP contribution in [0.4, 0.5) is 4.39 Å². The first kappa shape index (κ1) is 21.1. The highest BCUT2D eigenvalue weighted by Crippen LogP contribution is 2.31. The first-order valence-electron chi connectivity index (χ1n) is 10.9. The number of amides is 1. The lowest BCUT2D eigenvalue weighted by molar-refractivity contribution is 0.0734. The fraction of sp³-hybridized carbons (Fsp3) is 0.360. The van der Waals surface area contributed by atoms with Crippen LogP contribution < -0.4 is 4.74 Å². The molecular formula is C25H27FN2O3. The first-order chi connectivity index (χ1) is 15.2. The van der Waals surface area contributed by atoms with Gasteiger partial charge in [-0.05, 0) is 55.0 Å². The van der Waals surface area contributed by atoms with Gasteiger partial charge in [0.1, 0.15) is 11.6 Å². The molecule has 1 aliphatic rings. The number of halogens is 1. The molecule has 6 heteroatoms. The van der Waals surface area contributed by atoms with Crippen LogP contribution in [0.1, 0.15) is 54.2 Å². The summed E-state index contributed by atoms with van der Waals surface area (Å²) < 4.78 is 24.6. The molecule has 0 fully saturated rings. The van der Waals surface area contributed by atoms with Gasteiger partial charge in [0.15, 0.2) is 5.76 Å². The minimum absolute atomic E-state index is 0.0357. The number of hydrogen-bond donors (Lipinski definition) is 0. The molecule has 0 saturated carbocycles. The van der Waals surface area contributed by atoms with Crippen LogP contribution in [0.25, 0.3) is 11.3 Å². The zero-order chi connectivity index (χ0) is 21.6. The monoisotopic (exact) mass is 422 g/mol. The second-order valence-electron chi connectivity index (χ2n) is 7.85. The quantitative estimate of drug-likeness (QED) is 0.441. The number of hydrogen-bond acceptors (Lipinski definition) is 4. The number of aromatic nitrogens is 1. The number of fused-ring (bicyclic) bond motifs is 1. The van der Waals surface area contributed by atoms with Crippen LogP contribution in [0.2, 0.25) is 0 Å². The standard InChI is InChI=1S/C25H27FN2O3/c1-2-3-4-5-16-30-21-12-8-19(9-13-21)25(29)28-15-14-23-22(17-28)24(31-27-23)18-6-10-20(26)11-7-18/h6-13H,2-5,14-17H2,1H3. The Morgan fingerprint density at radius 1 is 1.10 bits per heavy atom. The summed E-state index contributed by atoms with van der Waals surface area (Å²) in [6.45, 7) is 3.88. The van der Waals surface area contributed by atoms with E-state index in [9.17, 15) is 9.18 Å². The summed E-state index contributed by atoms with van der Waals surface area (Å²) in [5.41, 5.74) is 3.12. The van der Waals surface area contributed by atoms with Gasteiger partial charge in [0, 0.05) is 29.7 Å². The lowest BCUT2D eigenvalue weighted by Gasteiger charge is -2.26. The van der Waals surface area contributed by atoms with Crippen molar-refractivity contribution in [1.29, 1.82) is 0 Å². The molecule has 0 aliphatic carbocycles. The van der Waals surface area contributed by atoms with Gasteiger partial charge < -0.3 is 14.2 Å². The molecule has 0 saturated heterocycles. The Bertz CT molecular complexity index is 1010. The Morgan fingerprint density at radius 3 is 2.61 bits per heavy atom. The molecule has 5 nitrogen and oxygen atoms in total. The van der Waals surface area contributed by atoms with Crippen molar-refractivity contribution in [2.75, 3.05) is 13.2 Å². The van der Waals surface area contributed by atoms with E-state index in [1.165, 1.54) is 31.4 Å². The fourth-order valence-corrected chi connectivity index (χ4v) is 3.81. The Morgan fingerprint density at radius 2 is 1.87 bits per heavy atom. The molecule has 0 radical (unpaired) electrons. The fourth-order valence-electron chi connectivity index (χ4n) is 3.81. The van der Waals surface area contributed by atoms with E-state index in [4.69, 9.17) is 9.26 Å². The second kappa shape index (κ2) is 9.77. The van der Waals surface area contributed by atoms with Gasteiger partial charge in [-0.2, -0.15) is 0 Å². The molecule has 2 heterocycles. The van der Waals surface area contributed by atoms with Gasteiger partial charge in [0.2, 0.25) is 0 Å². The van der Waals surface area contributed by atoms with Crippen molar-refractivity contribution >= 4 is 5.91 Å². The third-order valence-corrected chi connectivity index (χ3v) is 5.60. The molecule has 162 valence electrons. The van der Waals surface area contributed by atoms with Crippen molar-refractivity contribution < 1.29 is 18.4 Å².